The Bertz CT molecular complexity index is 473. The molecule has 0 bridgehead atoms. The number of esters is 1. The molecule has 112 valence electrons. The minimum absolute atomic E-state index is 0.344. The van der Waals surface area contributed by atoms with Gasteiger partial charge >= 0.3 is 5.97 Å². The number of carbonyl (C=O) groups is 1. The van der Waals surface area contributed by atoms with Crippen molar-refractivity contribution in [1.29, 1.82) is 0 Å². The van der Waals surface area contributed by atoms with Crippen LogP contribution in [0.4, 0.5) is 0 Å². The highest BCUT2D eigenvalue weighted by Gasteiger charge is 2.31. The predicted molar refractivity (Wildman–Crippen MR) is 77.5 cm³/mol. The summed E-state index contributed by atoms with van der Waals surface area (Å²) in [7, 11) is 0. The Morgan fingerprint density at radius 3 is 3.00 bits per heavy atom. The fraction of sp³-hybridized carbons (Fsp3) is 0.769. The molecule has 1 aliphatic heterocycles. The number of aromatic nitrogens is 3. The number of ether oxygens (including phenoxy) is 1. The molecule has 0 spiro atoms. The average molecular weight is 298 g/mol. The smallest absolute Gasteiger partial charge is 0.326 e. The van der Waals surface area contributed by atoms with E-state index in [9.17, 15) is 4.79 Å². The van der Waals surface area contributed by atoms with Crippen LogP contribution < -0.4 is 5.73 Å². The molecule has 2 rings (SSSR count). The number of nitrogens with two attached hydrogens (primary N) is 1. The van der Waals surface area contributed by atoms with E-state index < -0.39 is 5.54 Å². The maximum absolute atomic E-state index is 11.8. The first-order valence-electron chi connectivity index (χ1n) is 7.05. The van der Waals surface area contributed by atoms with Gasteiger partial charge in [0.25, 0.3) is 0 Å². The van der Waals surface area contributed by atoms with E-state index in [-0.39, 0.29) is 5.97 Å². The second kappa shape index (κ2) is 6.58. The minimum atomic E-state index is -1.00. The second-order valence-corrected chi connectivity index (χ2v) is 6.23. The Morgan fingerprint density at radius 2 is 2.25 bits per heavy atom. The Kier molecular flexibility index (Phi) is 5.04. The first kappa shape index (κ1) is 15.3. The van der Waals surface area contributed by atoms with Crippen molar-refractivity contribution in [2.45, 2.75) is 56.8 Å². The normalized spacial score (nSPS) is 17.9. The van der Waals surface area contributed by atoms with Crippen molar-refractivity contribution in [1.82, 2.24) is 14.8 Å². The summed E-state index contributed by atoms with van der Waals surface area (Å²) in [5.41, 5.74) is 5.01. The summed E-state index contributed by atoms with van der Waals surface area (Å²) in [6.07, 6.45) is 4.52. The number of hydrogen-bond acceptors (Lipinski definition) is 6. The van der Waals surface area contributed by atoms with Gasteiger partial charge < -0.3 is 15.0 Å². The van der Waals surface area contributed by atoms with Crippen molar-refractivity contribution >= 4 is 17.7 Å². The molecule has 0 aliphatic carbocycles. The van der Waals surface area contributed by atoms with Gasteiger partial charge in [0.2, 0.25) is 0 Å². The van der Waals surface area contributed by atoms with Gasteiger partial charge in [-0.2, -0.15) is 0 Å². The van der Waals surface area contributed by atoms with Crippen LogP contribution in [-0.4, -0.2) is 38.6 Å². The fourth-order valence-corrected chi connectivity index (χ4v) is 3.13. The maximum Gasteiger partial charge on any atom is 0.326 e. The molecule has 0 fully saturated rings. The molecule has 6 nitrogen and oxygen atoms in total. The van der Waals surface area contributed by atoms with E-state index in [0.29, 0.717) is 12.4 Å². The van der Waals surface area contributed by atoms with Crippen LogP contribution in [0.2, 0.25) is 0 Å². The minimum Gasteiger partial charge on any atom is -0.465 e. The molecule has 0 aromatic carbocycles. The molecule has 1 unspecified atom stereocenters. The van der Waals surface area contributed by atoms with Crippen LogP contribution in [0.15, 0.2) is 5.16 Å². The topological polar surface area (TPSA) is 83.0 Å². The van der Waals surface area contributed by atoms with E-state index in [2.05, 4.69) is 14.8 Å². The average Bonchev–Trinajstić information content (AvgIpc) is 2.64. The van der Waals surface area contributed by atoms with Gasteiger partial charge in [0.1, 0.15) is 11.4 Å². The third kappa shape index (κ3) is 3.52. The molecule has 0 amide bonds. The van der Waals surface area contributed by atoms with Crippen molar-refractivity contribution in [3.63, 3.8) is 0 Å². The number of rotatable bonds is 5. The van der Waals surface area contributed by atoms with Gasteiger partial charge in [0.15, 0.2) is 5.16 Å². The molecule has 0 radical (unpaired) electrons. The third-order valence-corrected chi connectivity index (χ3v) is 4.62. The highest BCUT2D eigenvalue weighted by atomic mass is 32.2. The number of carbonyl (C=O) groups excluding carboxylic acids is 1. The van der Waals surface area contributed by atoms with Crippen molar-refractivity contribution in [2.75, 3.05) is 12.4 Å². The summed E-state index contributed by atoms with van der Waals surface area (Å²) < 4.78 is 7.14. The van der Waals surface area contributed by atoms with E-state index >= 15 is 0 Å². The van der Waals surface area contributed by atoms with Gasteiger partial charge in [-0.15, -0.1) is 10.2 Å². The molecular weight excluding hydrogens is 276 g/mol. The second-order valence-electron chi connectivity index (χ2n) is 5.29. The Labute approximate surface area is 123 Å². The molecule has 0 saturated heterocycles. The van der Waals surface area contributed by atoms with Crippen molar-refractivity contribution in [3.05, 3.63) is 5.82 Å². The summed E-state index contributed by atoms with van der Waals surface area (Å²) in [6, 6.07) is 0. The quantitative estimate of drug-likeness (QED) is 0.653. The zero-order valence-corrected chi connectivity index (χ0v) is 12.9. The monoisotopic (exact) mass is 298 g/mol. The van der Waals surface area contributed by atoms with Crippen molar-refractivity contribution < 1.29 is 9.53 Å². The standard InChI is InChI=1S/C13H22N4O2S/c1-3-19-11(18)13(2,14)9-20-12-16-15-10-7-5-4-6-8-17(10)12/h3-9,14H2,1-2H3. The van der Waals surface area contributed by atoms with E-state index in [0.717, 1.165) is 30.4 Å². The molecule has 1 aliphatic rings. The molecule has 7 heteroatoms. The number of hydrogen-bond donors (Lipinski definition) is 1. The lowest BCUT2D eigenvalue weighted by molar-refractivity contribution is -0.148. The molecular formula is C13H22N4O2S. The molecule has 20 heavy (non-hydrogen) atoms. The molecule has 2 N–H and O–H groups in total. The molecule has 1 aromatic heterocycles. The molecule has 2 heterocycles. The van der Waals surface area contributed by atoms with Crippen LogP contribution in [0.1, 0.15) is 38.9 Å². The molecule has 1 atom stereocenters. The number of aryl methyl sites for hydroxylation is 1. The van der Waals surface area contributed by atoms with E-state index in [4.69, 9.17) is 10.5 Å². The fourth-order valence-electron chi connectivity index (χ4n) is 2.13. The highest BCUT2D eigenvalue weighted by molar-refractivity contribution is 7.99. The van der Waals surface area contributed by atoms with E-state index in [1.165, 1.54) is 24.6 Å². The third-order valence-electron chi connectivity index (χ3n) is 3.32. The van der Waals surface area contributed by atoms with Crippen LogP contribution in [-0.2, 0) is 22.5 Å². The SMILES string of the molecule is CCOC(=O)C(C)(N)CSc1nnc2n1CCCCC2. The van der Waals surface area contributed by atoms with Crippen LogP contribution in [0.5, 0.6) is 0 Å². The van der Waals surface area contributed by atoms with Crippen LogP contribution in [0.3, 0.4) is 0 Å². The molecule has 0 saturated carbocycles. The highest BCUT2D eigenvalue weighted by Crippen LogP contribution is 2.24. The zero-order chi connectivity index (χ0) is 14.6. The lowest BCUT2D eigenvalue weighted by Crippen LogP contribution is -2.48. The van der Waals surface area contributed by atoms with E-state index in [1.54, 1.807) is 13.8 Å². The summed E-state index contributed by atoms with van der Waals surface area (Å²) in [4.78, 5) is 11.8. The number of thioether (sulfide) groups is 1. The van der Waals surface area contributed by atoms with Gasteiger partial charge in [-0.25, -0.2) is 0 Å². The Balaban J connectivity index is 2.00. The Hall–Kier alpha value is -1.08. The summed E-state index contributed by atoms with van der Waals surface area (Å²) >= 11 is 1.48. The van der Waals surface area contributed by atoms with Crippen LogP contribution >= 0.6 is 11.8 Å². The lowest BCUT2D eigenvalue weighted by Gasteiger charge is -2.21. The summed E-state index contributed by atoms with van der Waals surface area (Å²) in [5.74, 6) is 1.10. The van der Waals surface area contributed by atoms with Crippen LogP contribution in [0.25, 0.3) is 0 Å². The first-order valence-corrected chi connectivity index (χ1v) is 8.04. The van der Waals surface area contributed by atoms with Gasteiger partial charge in [0.05, 0.1) is 6.61 Å². The first-order chi connectivity index (χ1) is 9.54. The lowest BCUT2D eigenvalue weighted by atomic mass is 10.1. The van der Waals surface area contributed by atoms with Crippen LogP contribution in [0, 0.1) is 0 Å². The summed E-state index contributed by atoms with van der Waals surface area (Å²) in [6.45, 7) is 4.76. The predicted octanol–water partition coefficient (Wildman–Crippen LogP) is 1.38. The number of fused-ring (bicyclic) bond motifs is 1. The van der Waals surface area contributed by atoms with E-state index in [1.807, 2.05) is 0 Å². The van der Waals surface area contributed by atoms with Gasteiger partial charge in [-0.05, 0) is 26.7 Å². The van der Waals surface area contributed by atoms with Gasteiger partial charge in [-0.3, -0.25) is 4.79 Å². The largest absolute Gasteiger partial charge is 0.465 e. The summed E-state index contributed by atoms with van der Waals surface area (Å²) in [5, 5.41) is 9.30. The number of nitrogens with zero attached hydrogens (tertiary/aromatic N) is 3. The molecule has 1 aromatic rings. The Morgan fingerprint density at radius 1 is 1.45 bits per heavy atom. The zero-order valence-electron chi connectivity index (χ0n) is 12.1. The van der Waals surface area contributed by atoms with Gasteiger partial charge in [-0.1, -0.05) is 18.2 Å². The van der Waals surface area contributed by atoms with Crippen molar-refractivity contribution in [2.24, 2.45) is 5.73 Å². The van der Waals surface area contributed by atoms with Crippen molar-refractivity contribution in [3.8, 4) is 0 Å². The maximum atomic E-state index is 11.8. The van der Waals surface area contributed by atoms with Gasteiger partial charge in [0, 0.05) is 18.7 Å².